The standard InChI is InChI=1S/C25H20Cl2FN3O2S2/c1-13-16(27)6-4-7-19(13)31-24(33)22-15-5-2-3-8-20(15)35-23(22)30-25(31)34-12-21(32)29-18-10-9-14(26)11-17(18)28/h4,6-7,9-11H,2-3,5,8,12H2,1H3,(H,29,32). The second-order valence-electron chi connectivity index (χ2n) is 8.27. The highest BCUT2D eigenvalue weighted by atomic mass is 35.5. The maximum Gasteiger partial charge on any atom is 0.267 e. The number of halogens is 3. The first-order chi connectivity index (χ1) is 16.8. The van der Waals surface area contributed by atoms with Crippen LogP contribution in [0.4, 0.5) is 10.1 Å². The number of aromatic nitrogens is 2. The topological polar surface area (TPSA) is 64.0 Å². The average molecular weight is 548 g/mol. The van der Waals surface area contributed by atoms with Gasteiger partial charge in [0.2, 0.25) is 5.91 Å². The summed E-state index contributed by atoms with van der Waals surface area (Å²) in [4.78, 5) is 33.2. The molecule has 10 heteroatoms. The molecule has 5 nitrogen and oxygen atoms in total. The fraction of sp³-hybridized carbons (Fsp3) is 0.240. The van der Waals surface area contributed by atoms with Crippen LogP contribution in [0.1, 0.15) is 28.8 Å². The van der Waals surface area contributed by atoms with Gasteiger partial charge in [0.15, 0.2) is 5.16 Å². The number of amides is 1. The molecule has 0 saturated heterocycles. The molecule has 2 aromatic heterocycles. The van der Waals surface area contributed by atoms with Crippen molar-refractivity contribution in [2.75, 3.05) is 11.1 Å². The number of rotatable bonds is 5. The second kappa shape index (κ2) is 9.93. The number of hydrogen-bond donors (Lipinski definition) is 1. The van der Waals surface area contributed by atoms with Crippen LogP contribution in [0.5, 0.6) is 0 Å². The Kier molecular flexibility index (Phi) is 6.90. The minimum atomic E-state index is -0.619. The van der Waals surface area contributed by atoms with Gasteiger partial charge in [-0.05, 0) is 74.1 Å². The predicted octanol–water partition coefficient (Wildman–Crippen LogP) is 6.81. The molecule has 4 aromatic rings. The molecule has 1 N–H and O–H groups in total. The number of carbonyl (C=O) groups is 1. The number of fused-ring (bicyclic) bond motifs is 3. The van der Waals surface area contributed by atoms with Crippen LogP contribution in [-0.2, 0) is 17.6 Å². The first-order valence-corrected chi connectivity index (χ1v) is 13.6. The number of aryl methyl sites for hydroxylation is 2. The van der Waals surface area contributed by atoms with E-state index < -0.39 is 11.7 Å². The van der Waals surface area contributed by atoms with Crippen LogP contribution >= 0.6 is 46.3 Å². The minimum absolute atomic E-state index is 0.0393. The third-order valence-electron chi connectivity index (χ3n) is 5.98. The van der Waals surface area contributed by atoms with Crippen molar-refractivity contribution in [1.29, 1.82) is 0 Å². The molecule has 2 heterocycles. The van der Waals surface area contributed by atoms with Crippen molar-refractivity contribution < 1.29 is 9.18 Å². The summed E-state index contributed by atoms with van der Waals surface area (Å²) in [5.74, 6) is -1.11. The maximum absolute atomic E-state index is 14.1. The number of nitrogens with zero attached hydrogens (tertiary/aromatic N) is 2. The smallest absolute Gasteiger partial charge is 0.267 e. The molecule has 0 fully saturated rings. The quantitative estimate of drug-likeness (QED) is 0.220. The van der Waals surface area contributed by atoms with Gasteiger partial charge >= 0.3 is 0 Å². The first kappa shape index (κ1) is 24.3. The van der Waals surface area contributed by atoms with E-state index >= 15 is 0 Å². The Morgan fingerprint density at radius 1 is 1.23 bits per heavy atom. The van der Waals surface area contributed by atoms with Gasteiger partial charge in [0.25, 0.3) is 5.56 Å². The van der Waals surface area contributed by atoms with E-state index in [2.05, 4.69) is 5.32 Å². The molecule has 0 saturated carbocycles. The number of hydrogen-bond acceptors (Lipinski definition) is 5. The van der Waals surface area contributed by atoms with E-state index in [4.69, 9.17) is 28.2 Å². The van der Waals surface area contributed by atoms with E-state index in [9.17, 15) is 14.0 Å². The molecule has 35 heavy (non-hydrogen) atoms. The van der Waals surface area contributed by atoms with Crippen molar-refractivity contribution in [3.8, 4) is 5.69 Å². The zero-order chi connectivity index (χ0) is 24.7. The summed E-state index contributed by atoms with van der Waals surface area (Å²) in [6, 6.07) is 9.42. The van der Waals surface area contributed by atoms with Crippen molar-refractivity contribution in [2.24, 2.45) is 0 Å². The molecule has 1 aliphatic carbocycles. The Morgan fingerprint density at radius 3 is 2.83 bits per heavy atom. The van der Waals surface area contributed by atoms with Crippen molar-refractivity contribution in [3.05, 3.63) is 78.6 Å². The molecule has 0 unspecified atom stereocenters. The number of anilines is 1. The summed E-state index contributed by atoms with van der Waals surface area (Å²) in [5.41, 5.74) is 2.34. The van der Waals surface area contributed by atoms with E-state index in [-0.39, 0.29) is 22.0 Å². The van der Waals surface area contributed by atoms with Crippen LogP contribution in [0.2, 0.25) is 10.0 Å². The summed E-state index contributed by atoms with van der Waals surface area (Å²) >= 11 is 14.8. The van der Waals surface area contributed by atoms with Gasteiger partial charge in [-0.15, -0.1) is 11.3 Å². The predicted molar refractivity (Wildman–Crippen MR) is 142 cm³/mol. The van der Waals surface area contributed by atoms with Crippen LogP contribution in [0, 0.1) is 12.7 Å². The lowest BCUT2D eigenvalue weighted by Gasteiger charge is -2.16. The summed E-state index contributed by atoms with van der Waals surface area (Å²) in [6.07, 6.45) is 3.96. The van der Waals surface area contributed by atoms with Gasteiger partial charge in [-0.2, -0.15) is 0 Å². The lowest BCUT2D eigenvalue weighted by atomic mass is 9.97. The van der Waals surface area contributed by atoms with Gasteiger partial charge in [0.05, 0.1) is 22.5 Å². The van der Waals surface area contributed by atoms with E-state index in [0.29, 0.717) is 26.1 Å². The van der Waals surface area contributed by atoms with Gasteiger partial charge in [0, 0.05) is 14.9 Å². The van der Waals surface area contributed by atoms with Crippen LogP contribution < -0.4 is 10.9 Å². The molecule has 0 aliphatic heterocycles. The number of benzene rings is 2. The zero-order valence-corrected chi connectivity index (χ0v) is 21.8. The van der Waals surface area contributed by atoms with Crippen molar-refractivity contribution in [1.82, 2.24) is 9.55 Å². The summed E-state index contributed by atoms with van der Waals surface area (Å²) in [5, 5.41) is 4.37. The zero-order valence-electron chi connectivity index (χ0n) is 18.7. The van der Waals surface area contributed by atoms with Crippen molar-refractivity contribution in [2.45, 2.75) is 37.8 Å². The highest BCUT2D eigenvalue weighted by Crippen LogP contribution is 2.36. The van der Waals surface area contributed by atoms with E-state index in [1.807, 2.05) is 13.0 Å². The monoisotopic (exact) mass is 547 g/mol. The molecule has 0 atom stereocenters. The maximum atomic E-state index is 14.1. The highest BCUT2D eigenvalue weighted by Gasteiger charge is 2.24. The summed E-state index contributed by atoms with van der Waals surface area (Å²) in [6.45, 7) is 1.85. The fourth-order valence-corrected chi connectivity index (χ4v) is 6.68. The van der Waals surface area contributed by atoms with Gasteiger partial charge in [0.1, 0.15) is 10.6 Å². The lowest BCUT2D eigenvalue weighted by molar-refractivity contribution is -0.113. The molecule has 0 spiro atoms. The Balaban J connectivity index is 1.55. The lowest BCUT2D eigenvalue weighted by Crippen LogP contribution is -2.24. The largest absolute Gasteiger partial charge is 0.323 e. The Morgan fingerprint density at radius 2 is 2.03 bits per heavy atom. The minimum Gasteiger partial charge on any atom is -0.323 e. The van der Waals surface area contributed by atoms with Crippen LogP contribution in [0.3, 0.4) is 0 Å². The molecule has 5 rings (SSSR count). The molecule has 180 valence electrons. The normalized spacial score (nSPS) is 13.1. The van der Waals surface area contributed by atoms with Crippen LogP contribution in [-0.4, -0.2) is 21.2 Å². The third kappa shape index (κ3) is 4.72. The van der Waals surface area contributed by atoms with Crippen molar-refractivity contribution >= 4 is 68.1 Å². The molecule has 1 amide bonds. The molecule has 1 aliphatic rings. The molecular formula is C25H20Cl2FN3O2S2. The van der Waals surface area contributed by atoms with Crippen molar-refractivity contribution in [3.63, 3.8) is 0 Å². The van der Waals surface area contributed by atoms with Crippen LogP contribution in [0.25, 0.3) is 15.9 Å². The van der Waals surface area contributed by atoms with E-state index in [0.717, 1.165) is 54.6 Å². The first-order valence-electron chi connectivity index (χ1n) is 11.0. The van der Waals surface area contributed by atoms with Gasteiger partial charge in [-0.25, -0.2) is 9.37 Å². The Hall–Kier alpha value is -2.39. The van der Waals surface area contributed by atoms with Crippen LogP contribution in [0.15, 0.2) is 46.3 Å². The Labute approximate surface area is 219 Å². The van der Waals surface area contributed by atoms with Gasteiger partial charge in [-0.1, -0.05) is 41.0 Å². The van der Waals surface area contributed by atoms with E-state index in [1.54, 1.807) is 28.0 Å². The summed E-state index contributed by atoms with van der Waals surface area (Å²) in [7, 11) is 0. The number of carbonyl (C=O) groups excluding carboxylic acids is 1. The average Bonchev–Trinajstić information content (AvgIpc) is 3.20. The SMILES string of the molecule is Cc1c(Cl)cccc1-n1c(SCC(=O)Nc2ccc(Cl)cc2F)nc2sc3c(c2c1=O)CCCC3. The van der Waals surface area contributed by atoms with E-state index in [1.165, 1.54) is 17.0 Å². The number of thioether (sulfide) groups is 1. The highest BCUT2D eigenvalue weighted by molar-refractivity contribution is 7.99. The number of thiophene rings is 1. The molecule has 0 bridgehead atoms. The molecule has 0 radical (unpaired) electrons. The Bertz CT molecular complexity index is 1530. The molecule has 2 aromatic carbocycles. The fourth-order valence-electron chi connectivity index (χ4n) is 4.24. The summed E-state index contributed by atoms with van der Waals surface area (Å²) < 4.78 is 15.7. The second-order valence-corrected chi connectivity index (χ2v) is 11.1. The van der Waals surface area contributed by atoms with Gasteiger partial charge < -0.3 is 5.32 Å². The van der Waals surface area contributed by atoms with Gasteiger partial charge in [-0.3, -0.25) is 14.2 Å². The molecular weight excluding hydrogens is 528 g/mol. The number of nitrogens with one attached hydrogen (secondary N) is 1. The third-order valence-corrected chi connectivity index (χ3v) is 8.74.